The van der Waals surface area contributed by atoms with E-state index in [1.165, 1.54) is 0 Å². The van der Waals surface area contributed by atoms with E-state index in [0.717, 1.165) is 35.7 Å². The first kappa shape index (κ1) is 16.3. The number of carboxylic acids is 1. The fourth-order valence-corrected chi connectivity index (χ4v) is 3.68. The Kier molecular flexibility index (Phi) is 5.61. The monoisotopic (exact) mass is 401 g/mol. The second-order valence-electron chi connectivity index (χ2n) is 5.79. The molecule has 2 N–H and O–H groups in total. The third-order valence-corrected chi connectivity index (χ3v) is 5.12. The van der Waals surface area contributed by atoms with Gasteiger partial charge in [0, 0.05) is 10.1 Å². The average Bonchev–Trinajstić information content (AvgIpc) is 2.46. The minimum Gasteiger partial charge on any atom is -0.481 e. The molecular weight excluding hydrogens is 381 g/mol. The van der Waals surface area contributed by atoms with Crippen LogP contribution in [-0.2, 0) is 4.79 Å². The Morgan fingerprint density at radius 2 is 1.86 bits per heavy atom. The number of carbonyl (C=O) groups is 2. The molecular formula is C16H20INO3. The van der Waals surface area contributed by atoms with E-state index in [1.54, 1.807) is 6.07 Å². The van der Waals surface area contributed by atoms with Crippen LogP contribution in [0.15, 0.2) is 24.3 Å². The highest BCUT2D eigenvalue weighted by Gasteiger charge is 2.34. The maximum absolute atomic E-state index is 12.3. The molecule has 2 rings (SSSR count). The van der Waals surface area contributed by atoms with Crippen molar-refractivity contribution in [1.82, 2.24) is 5.32 Å². The maximum atomic E-state index is 12.3. The molecule has 0 aromatic heterocycles. The predicted molar refractivity (Wildman–Crippen MR) is 89.3 cm³/mol. The first-order valence-corrected chi connectivity index (χ1v) is 8.35. The molecule has 0 atom stereocenters. The second-order valence-corrected chi connectivity index (χ2v) is 6.96. The highest BCUT2D eigenvalue weighted by atomic mass is 127. The van der Waals surface area contributed by atoms with Crippen LogP contribution in [-0.4, -0.2) is 23.5 Å². The molecule has 0 aliphatic heterocycles. The van der Waals surface area contributed by atoms with Crippen LogP contribution >= 0.6 is 22.6 Å². The standard InChI is InChI=1S/C16H20INO3/c17-13-7-3-2-6-12(13)15(21)18-11-16(10-14(19)20)8-4-1-5-9-16/h2-3,6-7H,1,4-5,8-11H2,(H,18,21)(H,19,20). The van der Waals surface area contributed by atoms with Crippen molar-refractivity contribution in [3.8, 4) is 0 Å². The summed E-state index contributed by atoms with van der Waals surface area (Å²) in [5.41, 5.74) is 0.374. The van der Waals surface area contributed by atoms with Gasteiger partial charge in [0.15, 0.2) is 0 Å². The lowest BCUT2D eigenvalue weighted by atomic mass is 9.71. The molecule has 1 aliphatic rings. The van der Waals surface area contributed by atoms with Crippen LogP contribution in [0.4, 0.5) is 0 Å². The molecule has 0 unspecified atom stereocenters. The lowest BCUT2D eigenvalue weighted by Gasteiger charge is -2.36. The van der Waals surface area contributed by atoms with Crippen LogP contribution in [0.25, 0.3) is 0 Å². The van der Waals surface area contributed by atoms with Crippen LogP contribution in [0.1, 0.15) is 48.9 Å². The van der Waals surface area contributed by atoms with Crippen LogP contribution in [0.2, 0.25) is 0 Å². The van der Waals surface area contributed by atoms with E-state index < -0.39 is 5.97 Å². The number of hydrogen-bond acceptors (Lipinski definition) is 2. The van der Waals surface area contributed by atoms with Gasteiger partial charge < -0.3 is 10.4 Å². The highest BCUT2D eigenvalue weighted by molar-refractivity contribution is 14.1. The highest BCUT2D eigenvalue weighted by Crippen LogP contribution is 2.38. The Hall–Kier alpha value is -1.11. The van der Waals surface area contributed by atoms with Gasteiger partial charge in [-0.2, -0.15) is 0 Å². The summed E-state index contributed by atoms with van der Waals surface area (Å²) in [6.07, 6.45) is 5.15. The van der Waals surface area contributed by atoms with Gasteiger partial charge in [-0.3, -0.25) is 9.59 Å². The van der Waals surface area contributed by atoms with Gasteiger partial charge >= 0.3 is 5.97 Å². The van der Waals surface area contributed by atoms with E-state index in [2.05, 4.69) is 27.9 Å². The molecule has 0 heterocycles. The first-order chi connectivity index (χ1) is 10.0. The lowest BCUT2D eigenvalue weighted by molar-refractivity contribution is -0.140. The number of aliphatic carboxylic acids is 1. The third kappa shape index (κ3) is 4.43. The minimum absolute atomic E-state index is 0.115. The quantitative estimate of drug-likeness (QED) is 0.743. The van der Waals surface area contributed by atoms with Gasteiger partial charge in [0.05, 0.1) is 12.0 Å². The Balaban J connectivity index is 2.03. The van der Waals surface area contributed by atoms with Crippen molar-refractivity contribution in [3.05, 3.63) is 33.4 Å². The number of halogens is 1. The predicted octanol–water partition coefficient (Wildman–Crippen LogP) is 3.45. The summed E-state index contributed by atoms with van der Waals surface area (Å²) in [5.74, 6) is -0.893. The molecule has 1 fully saturated rings. The van der Waals surface area contributed by atoms with E-state index in [9.17, 15) is 9.59 Å². The van der Waals surface area contributed by atoms with Crippen LogP contribution in [0.5, 0.6) is 0 Å². The van der Waals surface area contributed by atoms with Gasteiger partial charge in [-0.25, -0.2) is 0 Å². The van der Waals surface area contributed by atoms with E-state index in [0.29, 0.717) is 12.1 Å². The molecule has 1 aliphatic carbocycles. The molecule has 0 radical (unpaired) electrons. The fraction of sp³-hybridized carbons (Fsp3) is 0.500. The van der Waals surface area contributed by atoms with Gasteiger partial charge in [-0.05, 0) is 53.0 Å². The number of benzene rings is 1. The molecule has 1 amide bonds. The molecule has 1 saturated carbocycles. The van der Waals surface area contributed by atoms with E-state index >= 15 is 0 Å². The van der Waals surface area contributed by atoms with Crippen molar-refractivity contribution in [2.24, 2.45) is 5.41 Å². The van der Waals surface area contributed by atoms with Gasteiger partial charge in [-0.1, -0.05) is 31.4 Å². The molecule has 21 heavy (non-hydrogen) atoms. The Morgan fingerprint density at radius 1 is 1.19 bits per heavy atom. The topological polar surface area (TPSA) is 66.4 Å². The first-order valence-electron chi connectivity index (χ1n) is 7.27. The summed E-state index contributed by atoms with van der Waals surface area (Å²) in [5, 5.41) is 12.1. The summed E-state index contributed by atoms with van der Waals surface area (Å²) >= 11 is 2.14. The van der Waals surface area contributed by atoms with Crippen molar-refractivity contribution in [2.45, 2.75) is 38.5 Å². The number of nitrogens with one attached hydrogen (secondary N) is 1. The molecule has 4 nitrogen and oxygen atoms in total. The van der Waals surface area contributed by atoms with Crippen LogP contribution < -0.4 is 5.32 Å². The smallest absolute Gasteiger partial charge is 0.303 e. The zero-order valence-corrected chi connectivity index (χ0v) is 14.1. The number of amides is 1. The second kappa shape index (κ2) is 7.24. The van der Waals surface area contributed by atoms with Gasteiger partial charge in [-0.15, -0.1) is 0 Å². The van der Waals surface area contributed by atoms with E-state index in [-0.39, 0.29) is 17.7 Å². The summed E-state index contributed by atoms with van der Waals surface area (Å²) in [7, 11) is 0. The van der Waals surface area contributed by atoms with Crippen molar-refractivity contribution < 1.29 is 14.7 Å². The molecule has 5 heteroatoms. The van der Waals surface area contributed by atoms with Gasteiger partial charge in [0.25, 0.3) is 5.91 Å². The lowest BCUT2D eigenvalue weighted by Crippen LogP contribution is -2.40. The number of hydrogen-bond donors (Lipinski definition) is 2. The molecule has 114 valence electrons. The van der Waals surface area contributed by atoms with Crippen molar-refractivity contribution in [3.63, 3.8) is 0 Å². The Bertz CT molecular complexity index is 524. The molecule has 1 aromatic rings. The van der Waals surface area contributed by atoms with Crippen LogP contribution in [0, 0.1) is 8.99 Å². The summed E-state index contributed by atoms with van der Waals surface area (Å²) in [6.45, 7) is 0.448. The summed E-state index contributed by atoms with van der Waals surface area (Å²) in [4.78, 5) is 23.4. The normalized spacial score (nSPS) is 17.2. The number of rotatable bonds is 5. The molecule has 1 aromatic carbocycles. The van der Waals surface area contributed by atoms with Crippen molar-refractivity contribution in [2.75, 3.05) is 6.54 Å². The molecule has 0 saturated heterocycles. The van der Waals surface area contributed by atoms with Crippen molar-refractivity contribution >= 4 is 34.5 Å². The zero-order chi connectivity index (χ0) is 15.3. The molecule has 0 spiro atoms. The maximum Gasteiger partial charge on any atom is 0.303 e. The van der Waals surface area contributed by atoms with Crippen molar-refractivity contribution in [1.29, 1.82) is 0 Å². The Morgan fingerprint density at radius 3 is 2.48 bits per heavy atom. The fourth-order valence-electron chi connectivity index (χ4n) is 3.05. The summed E-state index contributed by atoms with van der Waals surface area (Å²) < 4.78 is 0.906. The van der Waals surface area contributed by atoms with E-state index in [1.807, 2.05) is 18.2 Å². The zero-order valence-electron chi connectivity index (χ0n) is 11.9. The SMILES string of the molecule is O=C(O)CC1(CNC(=O)c2ccccc2I)CCCCC1. The molecule has 0 bridgehead atoms. The third-order valence-electron chi connectivity index (χ3n) is 4.18. The number of carboxylic acid groups (broad SMARTS) is 1. The largest absolute Gasteiger partial charge is 0.481 e. The summed E-state index contributed by atoms with van der Waals surface area (Å²) in [6, 6.07) is 7.42. The minimum atomic E-state index is -0.777. The average molecular weight is 401 g/mol. The number of carbonyl (C=O) groups excluding carboxylic acids is 1. The van der Waals surface area contributed by atoms with Gasteiger partial charge in [0.2, 0.25) is 0 Å². The van der Waals surface area contributed by atoms with Gasteiger partial charge in [0.1, 0.15) is 0 Å². The Labute approximate surface area is 138 Å². The van der Waals surface area contributed by atoms with Crippen LogP contribution in [0.3, 0.4) is 0 Å². The van der Waals surface area contributed by atoms with E-state index in [4.69, 9.17) is 5.11 Å².